The molecule has 0 aliphatic heterocycles. The molecule has 1 rings (SSSR count). The minimum absolute atomic E-state index is 0.193. The van der Waals surface area contributed by atoms with Crippen molar-refractivity contribution in [3.8, 4) is 0 Å². The number of ether oxygens (including phenoxy) is 1. The zero-order chi connectivity index (χ0) is 29.9. The number of hydrogen-bond donors (Lipinski definition) is 1. The zero-order valence-corrected chi connectivity index (χ0v) is 27.4. The molecule has 1 aliphatic rings. The highest BCUT2D eigenvalue weighted by Gasteiger charge is 2.40. The molecule has 0 heterocycles. The zero-order valence-electron chi connectivity index (χ0n) is 27.4. The number of hydrogen-bond acceptors (Lipinski definition) is 4. The lowest BCUT2D eigenvalue weighted by Gasteiger charge is -2.43. The molecule has 1 N–H and O–H groups in total. The van der Waals surface area contributed by atoms with Gasteiger partial charge in [0.15, 0.2) is 0 Å². The fourth-order valence-electron chi connectivity index (χ4n) is 6.23. The first-order chi connectivity index (χ1) is 19.1. The van der Waals surface area contributed by atoms with Crippen LogP contribution in [0.25, 0.3) is 0 Å². The number of aliphatic hydroxyl groups is 1. The molecule has 40 heavy (non-hydrogen) atoms. The minimum atomic E-state index is -0.951. The molecule has 0 aromatic carbocycles. The largest absolute Gasteiger partial charge is 0.550 e. The second-order valence-corrected chi connectivity index (χ2v) is 13.4. The maximum atomic E-state index is 10.8. The Morgan fingerprint density at radius 3 is 2.25 bits per heavy atom. The molecule has 1 fully saturated rings. The molecule has 0 radical (unpaired) electrons. The Labute approximate surface area is 248 Å². The van der Waals surface area contributed by atoms with Crippen LogP contribution in [0.5, 0.6) is 0 Å². The second kappa shape index (κ2) is 21.6. The van der Waals surface area contributed by atoms with E-state index >= 15 is 0 Å². The summed E-state index contributed by atoms with van der Waals surface area (Å²) >= 11 is 0. The van der Waals surface area contributed by atoms with E-state index in [2.05, 4.69) is 53.7 Å². The first kappa shape index (κ1) is 36.9. The molecule has 0 amide bonds. The molecule has 0 aromatic heterocycles. The van der Waals surface area contributed by atoms with E-state index in [1.807, 2.05) is 0 Å². The Morgan fingerprint density at radius 1 is 0.900 bits per heavy atom. The molecular weight excluding hydrogens is 496 g/mol. The van der Waals surface area contributed by atoms with Crippen molar-refractivity contribution in [1.82, 2.24) is 0 Å². The molecule has 0 spiro atoms. The van der Waals surface area contributed by atoms with Crippen molar-refractivity contribution in [2.45, 2.75) is 163 Å². The van der Waals surface area contributed by atoms with Crippen molar-refractivity contribution in [2.24, 2.45) is 29.6 Å². The topological polar surface area (TPSA) is 69.6 Å². The monoisotopic (exact) mass is 561 g/mol. The van der Waals surface area contributed by atoms with Crippen molar-refractivity contribution in [3.05, 3.63) is 23.3 Å². The molecule has 1 saturated carbocycles. The summed E-state index contributed by atoms with van der Waals surface area (Å²) in [5.41, 5.74) is 2.82. The van der Waals surface area contributed by atoms with Crippen LogP contribution in [0.4, 0.5) is 0 Å². The average molecular weight is 562 g/mol. The van der Waals surface area contributed by atoms with Crippen LogP contribution in [-0.4, -0.2) is 29.9 Å². The van der Waals surface area contributed by atoms with Crippen molar-refractivity contribution < 1.29 is 19.7 Å². The summed E-state index contributed by atoms with van der Waals surface area (Å²) < 4.78 is 6.53. The van der Waals surface area contributed by atoms with Crippen LogP contribution >= 0.6 is 0 Å². The van der Waals surface area contributed by atoms with Crippen molar-refractivity contribution in [2.75, 3.05) is 6.61 Å². The first-order valence-corrected chi connectivity index (χ1v) is 16.9. The summed E-state index contributed by atoms with van der Waals surface area (Å²) in [7, 11) is 0. The third kappa shape index (κ3) is 15.8. The van der Waals surface area contributed by atoms with Crippen LogP contribution in [-0.2, 0) is 9.53 Å². The lowest BCUT2D eigenvalue weighted by Crippen LogP contribution is -2.45. The summed E-state index contributed by atoms with van der Waals surface area (Å²) in [5, 5.41) is 21.5. The maximum Gasteiger partial charge on any atom is 0.0633 e. The molecule has 1 aliphatic carbocycles. The molecule has 0 bridgehead atoms. The van der Waals surface area contributed by atoms with E-state index in [4.69, 9.17) is 4.74 Å². The van der Waals surface area contributed by atoms with Crippen molar-refractivity contribution in [3.63, 3.8) is 0 Å². The highest BCUT2D eigenvalue weighted by molar-refractivity contribution is 5.66. The normalized spacial score (nSPS) is 25.6. The number of carbonyl (C=O) groups excluding carboxylic acids is 1. The summed E-state index contributed by atoms with van der Waals surface area (Å²) in [6.07, 6.45) is 22.9. The Balaban J connectivity index is 2.35. The number of aliphatic carboxylic acids is 1. The summed E-state index contributed by atoms with van der Waals surface area (Å²) in [5.74, 6) is 0.585. The highest BCUT2D eigenvalue weighted by atomic mass is 16.5. The Morgan fingerprint density at radius 2 is 1.55 bits per heavy atom. The van der Waals surface area contributed by atoms with Gasteiger partial charge < -0.3 is 19.7 Å². The van der Waals surface area contributed by atoms with Gasteiger partial charge in [-0.1, -0.05) is 103 Å². The number of carbonyl (C=O) groups is 1. The quantitative estimate of drug-likeness (QED) is 0.106. The van der Waals surface area contributed by atoms with Gasteiger partial charge in [-0.05, 0) is 101 Å². The number of rotatable bonds is 22. The molecule has 7 atom stereocenters. The van der Waals surface area contributed by atoms with E-state index in [1.54, 1.807) is 6.92 Å². The van der Waals surface area contributed by atoms with E-state index in [9.17, 15) is 15.0 Å². The SMILES string of the molecule is CCCCCCCCOC1C(CCC(C)CCC/C(C)=C/CC/C(C)=C/CCC(C)C(=O)[O-])CC(O)C(C)C1C. The predicted molar refractivity (Wildman–Crippen MR) is 168 cm³/mol. The van der Waals surface area contributed by atoms with E-state index in [0.717, 1.165) is 38.7 Å². The van der Waals surface area contributed by atoms with Crippen LogP contribution in [0.2, 0.25) is 0 Å². The third-order valence-corrected chi connectivity index (χ3v) is 9.60. The smallest absolute Gasteiger partial charge is 0.0633 e. The van der Waals surface area contributed by atoms with Gasteiger partial charge in [-0.25, -0.2) is 0 Å². The third-order valence-electron chi connectivity index (χ3n) is 9.60. The van der Waals surface area contributed by atoms with Crippen LogP contribution in [0.15, 0.2) is 23.3 Å². The highest BCUT2D eigenvalue weighted by Crippen LogP contribution is 2.39. The fourth-order valence-corrected chi connectivity index (χ4v) is 6.23. The number of carboxylic acids is 1. The van der Waals surface area contributed by atoms with Gasteiger partial charge >= 0.3 is 0 Å². The maximum absolute atomic E-state index is 10.8. The summed E-state index contributed by atoms with van der Waals surface area (Å²) in [6.45, 7) is 16.1. The molecule has 7 unspecified atom stereocenters. The second-order valence-electron chi connectivity index (χ2n) is 13.4. The first-order valence-electron chi connectivity index (χ1n) is 16.9. The Hall–Kier alpha value is -1.13. The van der Waals surface area contributed by atoms with Gasteiger partial charge in [-0.15, -0.1) is 0 Å². The molecule has 234 valence electrons. The van der Waals surface area contributed by atoms with E-state index in [0.29, 0.717) is 36.2 Å². The summed E-state index contributed by atoms with van der Waals surface area (Å²) in [4.78, 5) is 10.8. The van der Waals surface area contributed by atoms with Gasteiger partial charge in [-0.3, -0.25) is 0 Å². The molecular formula is C36H65O4-. The van der Waals surface area contributed by atoms with Crippen LogP contribution in [0.1, 0.15) is 151 Å². The van der Waals surface area contributed by atoms with Gasteiger partial charge in [0.2, 0.25) is 0 Å². The molecule has 0 saturated heterocycles. The number of carboxylic acid groups (broad SMARTS) is 1. The lowest BCUT2D eigenvalue weighted by atomic mass is 9.70. The summed E-state index contributed by atoms with van der Waals surface area (Å²) in [6, 6.07) is 0. The molecule has 4 heteroatoms. The average Bonchev–Trinajstić information content (AvgIpc) is 2.91. The predicted octanol–water partition coefficient (Wildman–Crippen LogP) is 8.81. The number of unbranched alkanes of at least 4 members (excludes halogenated alkanes) is 5. The van der Waals surface area contributed by atoms with Gasteiger partial charge in [0.1, 0.15) is 0 Å². The molecule has 0 aromatic rings. The van der Waals surface area contributed by atoms with Gasteiger partial charge in [0.05, 0.1) is 12.2 Å². The van der Waals surface area contributed by atoms with Crippen LogP contribution < -0.4 is 5.11 Å². The number of aliphatic hydroxyl groups excluding tert-OH is 1. The van der Waals surface area contributed by atoms with Gasteiger partial charge in [-0.2, -0.15) is 0 Å². The lowest BCUT2D eigenvalue weighted by molar-refractivity contribution is -0.311. The van der Waals surface area contributed by atoms with Crippen molar-refractivity contribution in [1.29, 1.82) is 0 Å². The van der Waals surface area contributed by atoms with E-state index < -0.39 is 5.97 Å². The number of allylic oxidation sites excluding steroid dienone is 4. The minimum Gasteiger partial charge on any atom is -0.550 e. The fraction of sp³-hybridized carbons (Fsp3) is 0.861. The Bertz CT molecular complexity index is 726. The van der Waals surface area contributed by atoms with E-state index in [1.165, 1.54) is 75.4 Å². The van der Waals surface area contributed by atoms with Crippen LogP contribution in [0.3, 0.4) is 0 Å². The van der Waals surface area contributed by atoms with E-state index in [-0.39, 0.29) is 12.0 Å². The van der Waals surface area contributed by atoms with Crippen LogP contribution in [0, 0.1) is 29.6 Å². The van der Waals surface area contributed by atoms with Gasteiger partial charge in [0, 0.05) is 12.6 Å². The van der Waals surface area contributed by atoms with Crippen molar-refractivity contribution >= 4 is 5.97 Å². The molecule has 4 nitrogen and oxygen atoms in total. The standard InChI is InChI=1S/C36H66O4/c1-8-9-10-11-12-13-25-40-35-32(7)31(6)34(37)26-33(35)24-23-29(4)20-15-19-27(2)17-14-18-28(3)21-16-22-30(5)36(38)39/h17,21,29-35,37H,8-16,18-20,22-26H2,1-7H3,(H,38,39)/p-1/b27-17+,28-21+. The Kier molecular flexibility index (Phi) is 19.9. The van der Waals surface area contributed by atoms with Gasteiger partial charge in [0.25, 0.3) is 0 Å².